The van der Waals surface area contributed by atoms with E-state index in [1.54, 1.807) is 60.7 Å². The molecule has 3 heterocycles. The van der Waals surface area contributed by atoms with Gasteiger partial charge in [-0.25, -0.2) is 19.2 Å². The van der Waals surface area contributed by atoms with Gasteiger partial charge in [0.2, 0.25) is 0 Å². The number of nitrogens with zero attached hydrogens (tertiary/aromatic N) is 1. The van der Waals surface area contributed by atoms with E-state index >= 15 is 0 Å². The largest absolute Gasteiger partial charge is 0.386 e. The Kier molecular flexibility index (Phi) is 7.65. The first-order chi connectivity index (χ1) is 23.5. The van der Waals surface area contributed by atoms with Crippen LogP contribution in [0.15, 0.2) is 95.5 Å². The van der Waals surface area contributed by atoms with Crippen molar-refractivity contribution in [1.29, 1.82) is 0 Å². The predicted molar refractivity (Wildman–Crippen MR) is 181 cm³/mol. The second kappa shape index (κ2) is 11.9. The number of carbonyl (C=O) groups excluding carboxylic acids is 6. The first-order valence-corrected chi connectivity index (χ1v) is 15.6. The lowest BCUT2D eigenvalue weighted by atomic mass is 9.92. The van der Waals surface area contributed by atoms with E-state index in [0.29, 0.717) is 49.5 Å². The average molecular weight is 716 g/mol. The van der Waals surface area contributed by atoms with Gasteiger partial charge in [-0.2, -0.15) is 0 Å². The van der Waals surface area contributed by atoms with E-state index in [9.17, 15) is 34.0 Å². The van der Waals surface area contributed by atoms with Gasteiger partial charge in [0.05, 0.1) is 33.4 Å². The van der Waals surface area contributed by atoms with Gasteiger partial charge in [0.25, 0.3) is 11.8 Å². The number of imide groups is 1. The summed E-state index contributed by atoms with van der Waals surface area (Å²) in [6, 6.07) is 26.3. The molecule has 49 heavy (non-hydrogen) atoms. The van der Waals surface area contributed by atoms with E-state index in [0.717, 1.165) is 31.8 Å². The number of esters is 4. The minimum Gasteiger partial charge on any atom is -0.386 e. The quantitative estimate of drug-likeness (QED) is 0.0731. The van der Waals surface area contributed by atoms with Gasteiger partial charge in [0.15, 0.2) is 0 Å². The molecule has 10 nitrogen and oxygen atoms in total. The van der Waals surface area contributed by atoms with E-state index in [1.165, 1.54) is 0 Å². The molecule has 240 valence electrons. The third-order valence-corrected chi connectivity index (χ3v) is 9.29. The molecule has 0 aromatic heterocycles. The molecule has 6 aromatic rings. The summed E-state index contributed by atoms with van der Waals surface area (Å²) in [5.74, 6) is -3.62. The van der Waals surface area contributed by atoms with E-state index in [2.05, 4.69) is 25.4 Å². The molecular weight excluding hydrogens is 694 g/mol. The molecule has 0 unspecified atom stereocenters. The lowest BCUT2D eigenvalue weighted by Crippen LogP contribution is -2.37. The Morgan fingerprint density at radius 1 is 0.469 bits per heavy atom. The molecule has 0 saturated heterocycles. The molecule has 2 amide bonds. The third-order valence-electron chi connectivity index (χ3n) is 8.60. The number of hydrogen-bond acceptors (Lipinski definition) is 9. The van der Waals surface area contributed by atoms with E-state index in [-0.39, 0.29) is 5.06 Å². The number of hydroxylamine groups is 2. The van der Waals surface area contributed by atoms with Gasteiger partial charge >= 0.3 is 23.9 Å². The number of benzene rings is 6. The Morgan fingerprint density at radius 3 is 1.33 bits per heavy atom. The molecule has 0 saturated carbocycles. The minimum atomic E-state index is -0.668. The van der Waals surface area contributed by atoms with Crippen molar-refractivity contribution < 1.29 is 43.4 Å². The van der Waals surface area contributed by atoms with E-state index in [1.807, 2.05) is 44.2 Å². The van der Waals surface area contributed by atoms with Crippen LogP contribution in [0.5, 0.6) is 0 Å². The highest BCUT2D eigenvalue weighted by molar-refractivity contribution is 9.10. The van der Waals surface area contributed by atoms with E-state index < -0.39 is 35.7 Å². The summed E-state index contributed by atoms with van der Waals surface area (Å²) in [5.41, 5.74) is 4.58. The molecule has 11 heteroatoms. The van der Waals surface area contributed by atoms with Crippen LogP contribution < -0.4 is 0 Å². The maximum atomic E-state index is 11.8. The molecule has 3 aliphatic heterocycles. The summed E-state index contributed by atoms with van der Waals surface area (Å²) < 4.78 is 10.2. The lowest BCUT2D eigenvalue weighted by Gasteiger charge is -2.22. The summed E-state index contributed by atoms with van der Waals surface area (Å²) in [7, 11) is 0. The molecule has 0 fully saturated rings. The van der Waals surface area contributed by atoms with Crippen molar-refractivity contribution in [2.24, 2.45) is 0 Å². The third kappa shape index (κ3) is 5.07. The number of cyclic esters (lactones) is 4. The summed E-state index contributed by atoms with van der Waals surface area (Å²) in [4.78, 5) is 69.7. The smallest absolute Gasteiger partial charge is 0.346 e. The first-order valence-electron chi connectivity index (χ1n) is 14.8. The zero-order valence-corrected chi connectivity index (χ0v) is 27.3. The highest BCUT2D eigenvalue weighted by Crippen LogP contribution is 2.34. The SMILES string of the molecule is Cc1ccc2c3c(cccc13)C(=O)N(O)C2=O.Cc1ccc2c3c(cccc13)C(=O)OC2=O.O=C1OC(=O)c2ccc(Br)c3cccc1c23. The van der Waals surface area contributed by atoms with Crippen molar-refractivity contribution in [2.75, 3.05) is 0 Å². The highest BCUT2D eigenvalue weighted by Gasteiger charge is 2.32. The number of aryl methyl sites for hydroxylation is 2. The van der Waals surface area contributed by atoms with Crippen molar-refractivity contribution in [3.05, 3.63) is 140 Å². The van der Waals surface area contributed by atoms with Gasteiger partial charge in [-0.3, -0.25) is 14.8 Å². The standard InChI is InChI=1S/C13H9NO3.C13H8O3.C12H5BrO3/c1-7-5-6-10-11-8(7)3-2-4-9(11)12(15)14(17)13(10)16;1-7-5-6-10-11-8(7)3-2-4-9(11)12(14)16-13(10)15;13-9-5-4-8-10-6(9)2-1-3-7(10)11(14)16-12(8)15/h2-6,17H,1H3;2-6H,1H3;1-5H. The van der Waals surface area contributed by atoms with Crippen molar-refractivity contribution in [2.45, 2.75) is 13.8 Å². The zero-order chi connectivity index (χ0) is 34.7. The van der Waals surface area contributed by atoms with Gasteiger partial charge in [-0.05, 0) is 83.6 Å². The topological polar surface area (TPSA) is 144 Å². The van der Waals surface area contributed by atoms with Crippen molar-refractivity contribution in [3.63, 3.8) is 0 Å². The average Bonchev–Trinajstić information content (AvgIpc) is 3.10. The van der Waals surface area contributed by atoms with Crippen LogP contribution in [0.1, 0.15) is 73.3 Å². The molecular formula is C38H22BrNO9. The van der Waals surface area contributed by atoms with Gasteiger partial charge < -0.3 is 9.47 Å². The number of carbonyl (C=O) groups is 6. The van der Waals surface area contributed by atoms with Crippen LogP contribution in [0.2, 0.25) is 0 Å². The van der Waals surface area contributed by atoms with Gasteiger partial charge in [0, 0.05) is 20.6 Å². The Labute approximate surface area is 285 Å². The summed E-state index contributed by atoms with van der Waals surface area (Å²) in [6.07, 6.45) is 0. The fraction of sp³-hybridized carbons (Fsp3) is 0.0526. The summed E-state index contributed by atoms with van der Waals surface area (Å²) in [6.45, 7) is 3.87. The molecule has 6 aromatic carbocycles. The fourth-order valence-corrected chi connectivity index (χ4v) is 6.68. The molecule has 0 spiro atoms. The molecule has 0 bridgehead atoms. The second-order valence-electron chi connectivity index (χ2n) is 11.4. The summed E-state index contributed by atoms with van der Waals surface area (Å²) in [5, 5.41) is 14.3. The monoisotopic (exact) mass is 715 g/mol. The number of rotatable bonds is 0. The zero-order valence-electron chi connectivity index (χ0n) is 25.7. The maximum absolute atomic E-state index is 11.8. The van der Waals surface area contributed by atoms with Crippen LogP contribution in [0.25, 0.3) is 32.3 Å². The lowest BCUT2D eigenvalue weighted by molar-refractivity contribution is -0.0377. The molecule has 0 atom stereocenters. The minimum absolute atomic E-state index is 0.173. The number of halogens is 1. The van der Waals surface area contributed by atoms with Gasteiger partial charge in [-0.1, -0.05) is 64.5 Å². The first kappa shape index (κ1) is 31.6. The van der Waals surface area contributed by atoms with Crippen molar-refractivity contribution >= 4 is 83.9 Å². The maximum Gasteiger partial charge on any atom is 0.346 e. The van der Waals surface area contributed by atoms with Crippen LogP contribution >= 0.6 is 15.9 Å². The number of ether oxygens (including phenoxy) is 2. The Morgan fingerprint density at radius 2 is 0.816 bits per heavy atom. The Hall–Kier alpha value is -6.04. The molecule has 9 rings (SSSR count). The molecule has 0 radical (unpaired) electrons. The van der Waals surface area contributed by atoms with Crippen LogP contribution in [0.4, 0.5) is 0 Å². The van der Waals surface area contributed by atoms with Crippen LogP contribution in [0, 0.1) is 13.8 Å². The Bertz CT molecular complexity index is 2340. The van der Waals surface area contributed by atoms with Gasteiger partial charge in [-0.15, -0.1) is 5.06 Å². The van der Waals surface area contributed by atoms with Crippen molar-refractivity contribution in [1.82, 2.24) is 5.06 Å². The molecule has 3 aliphatic rings. The predicted octanol–water partition coefficient (Wildman–Crippen LogP) is 7.51. The Balaban J connectivity index is 0.000000116. The second-order valence-corrected chi connectivity index (χ2v) is 12.3. The van der Waals surface area contributed by atoms with Crippen LogP contribution in [-0.4, -0.2) is 46.0 Å². The van der Waals surface area contributed by atoms with E-state index in [4.69, 9.17) is 0 Å². The highest BCUT2D eigenvalue weighted by atomic mass is 79.9. The summed E-state index contributed by atoms with van der Waals surface area (Å²) >= 11 is 3.39. The fourth-order valence-electron chi connectivity index (χ4n) is 6.22. The van der Waals surface area contributed by atoms with Crippen LogP contribution in [-0.2, 0) is 9.47 Å². The molecule has 1 N–H and O–H groups in total. The number of hydrogen-bond donors (Lipinski definition) is 1. The van der Waals surface area contributed by atoms with Crippen LogP contribution in [0.3, 0.4) is 0 Å². The van der Waals surface area contributed by atoms with Gasteiger partial charge in [0.1, 0.15) is 0 Å². The van der Waals surface area contributed by atoms with Crippen molar-refractivity contribution in [3.8, 4) is 0 Å². The molecule has 0 aliphatic carbocycles. The normalized spacial score (nSPS) is 14.2. The number of amides is 2.